The number of piperazine rings is 1. The van der Waals surface area contributed by atoms with Crippen molar-refractivity contribution in [2.45, 2.75) is 13.8 Å². The molecule has 5 nitrogen and oxygen atoms in total. The van der Waals surface area contributed by atoms with E-state index in [0.717, 1.165) is 39.5 Å². The average molecular weight is 409 g/mol. The predicted molar refractivity (Wildman–Crippen MR) is 117 cm³/mol. The average Bonchev–Trinajstić information content (AvgIpc) is 3.33. The highest BCUT2D eigenvalue weighted by Gasteiger charge is 2.24. The van der Waals surface area contributed by atoms with E-state index in [-0.39, 0.29) is 5.91 Å². The van der Waals surface area contributed by atoms with Gasteiger partial charge in [0.1, 0.15) is 0 Å². The molecule has 0 aliphatic carbocycles. The van der Waals surface area contributed by atoms with Gasteiger partial charge in [-0.2, -0.15) is 0 Å². The topological polar surface area (TPSA) is 49.3 Å². The summed E-state index contributed by atoms with van der Waals surface area (Å²) >= 11 is 3.32. The summed E-state index contributed by atoms with van der Waals surface area (Å²) in [6, 6.07) is 10.2. The molecule has 1 amide bonds. The molecule has 3 heterocycles. The van der Waals surface area contributed by atoms with Crippen molar-refractivity contribution >= 4 is 54.1 Å². The summed E-state index contributed by atoms with van der Waals surface area (Å²) in [7, 11) is 0. The van der Waals surface area contributed by atoms with Crippen molar-refractivity contribution in [2.24, 2.45) is 0 Å². The van der Waals surface area contributed by atoms with Crippen LogP contribution in [-0.2, 0) is 0 Å². The fourth-order valence-electron chi connectivity index (χ4n) is 3.77. The number of aryl methyl sites for hydroxylation is 2. The number of carbonyl (C=O) groups excluding carboxylic acids is 1. The Balaban J connectivity index is 1.32. The Kier molecular flexibility index (Phi) is 4.29. The first-order chi connectivity index (χ1) is 13.6. The van der Waals surface area contributed by atoms with Crippen molar-refractivity contribution in [2.75, 3.05) is 31.1 Å². The monoisotopic (exact) mass is 408 g/mol. The molecule has 0 atom stereocenters. The van der Waals surface area contributed by atoms with E-state index in [1.807, 2.05) is 28.6 Å². The normalized spacial score (nSPS) is 14.9. The Hall–Kier alpha value is -2.51. The third kappa shape index (κ3) is 3.04. The summed E-state index contributed by atoms with van der Waals surface area (Å²) < 4.78 is 2.30. The Morgan fingerprint density at radius 2 is 1.86 bits per heavy atom. The number of aromatic nitrogens is 2. The molecule has 2 aromatic carbocycles. The van der Waals surface area contributed by atoms with Gasteiger partial charge < -0.3 is 9.80 Å². The van der Waals surface area contributed by atoms with Gasteiger partial charge in [0.15, 0.2) is 5.13 Å². The predicted octanol–water partition coefficient (Wildman–Crippen LogP) is 4.49. The van der Waals surface area contributed by atoms with Crippen LogP contribution < -0.4 is 4.90 Å². The number of hydrogen-bond donors (Lipinski definition) is 0. The SMILES string of the molecule is Cc1cc(C)c2nc(N3CCN(C(=O)c4ccc5ncsc5c4)CC3)sc2c1. The van der Waals surface area contributed by atoms with E-state index in [2.05, 4.69) is 35.9 Å². The van der Waals surface area contributed by atoms with Gasteiger partial charge in [-0.15, -0.1) is 11.3 Å². The number of nitrogens with zero attached hydrogens (tertiary/aromatic N) is 4. The van der Waals surface area contributed by atoms with Crippen LogP contribution >= 0.6 is 22.7 Å². The lowest BCUT2D eigenvalue weighted by molar-refractivity contribution is 0.0747. The maximum absolute atomic E-state index is 12.9. The Bertz CT molecular complexity index is 1190. The van der Waals surface area contributed by atoms with E-state index >= 15 is 0 Å². The van der Waals surface area contributed by atoms with Crippen LogP contribution in [0.1, 0.15) is 21.5 Å². The number of benzene rings is 2. The molecule has 1 aliphatic heterocycles. The van der Waals surface area contributed by atoms with Crippen molar-refractivity contribution in [3.8, 4) is 0 Å². The maximum Gasteiger partial charge on any atom is 0.254 e. The molecule has 1 saturated heterocycles. The smallest absolute Gasteiger partial charge is 0.254 e. The molecule has 1 aliphatic rings. The summed E-state index contributed by atoms with van der Waals surface area (Å²) in [6.07, 6.45) is 0. The van der Waals surface area contributed by atoms with Crippen LogP contribution in [0, 0.1) is 13.8 Å². The zero-order chi connectivity index (χ0) is 19.3. The van der Waals surface area contributed by atoms with E-state index in [1.54, 1.807) is 22.7 Å². The molecule has 0 saturated carbocycles. The van der Waals surface area contributed by atoms with Gasteiger partial charge in [0.25, 0.3) is 5.91 Å². The zero-order valence-electron chi connectivity index (χ0n) is 15.8. The molecule has 0 radical (unpaired) electrons. The molecule has 28 heavy (non-hydrogen) atoms. The molecule has 7 heteroatoms. The number of anilines is 1. The summed E-state index contributed by atoms with van der Waals surface area (Å²) in [5, 5.41) is 1.06. The van der Waals surface area contributed by atoms with Crippen LogP contribution in [0.2, 0.25) is 0 Å². The lowest BCUT2D eigenvalue weighted by atomic mass is 10.1. The maximum atomic E-state index is 12.9. The van der Waals surface area contributed by atoms with Gasteiger partial charge in [0.2, 0.25) is 0 Å². The molecular weight excluding hydrogens is 388 g/mol. The minimum Gasteiger partial charge on any atom is -0.345 e. The second-order valence-corrected chi connectivity index (χ2v) is 9.13. The first kappa shape index (κ1) is 17.6. The molecule has 2 aromatic heterocycles. The van der Waals surface area contributed by atoms with Crippen LogP contribution in [0.15, 0.2) is 35.8 Å². The number of thiazole rings is 2. The van der Waals surface area contributed by atoms with Gasteiger partial charge in [0.05, 0.1) is 25.9 Å². The molecule has 4 aromatic rings. The van der Waals surface area contributed by atoms with Crippen molar-refractivity contribution in [1.82, 2.24) is 14.9 Å². The van der Waals surface area contributed by atoms with E-state index in [0.29, 0.717) is 13.1 Å². The minimum atomic E-state index is 0.103. The van der Waals surface area contributed by atoms with Gasteiger partial charge in [-0.3, -0.25) is 4.79 Å². The van der Waals surface area contributed by atoms with E-state index < -0.39 is 0 Å². The Labute approximate surface area is 171 Å². The number of hydrogen-bond acceptors (Lipinski definition) is 6. The summed E-state index contributed by atoms with van der Waals surface area (Å²) in [6.45, 7) is 7.30. The van der Waals surface area contributed by atoms with Crippen LogP contribution in [0.25, 0.3) is 20.4 Å². The van der Waals surface area contributed by atoms with Gasteiger partial charge in [-0.05, 0) is 49.2 Å². The van der Waals surface area contributed by atoms with Gasteiger partial charge >= 0.3 is 0 Å². The first-order valence-corrected chi connectivity index (χ1v) is 11.0. The van der Waals surface area contributed by atoms with E-state index in [1.165, 1.54) is 15.8 Å². The second kappa shape index (κ2) is 6.83. The number of carbonyl (C=O) groups is 1. The highest BCUT2D eigenvalue weighted by molar-refractivity contribution is 7.22. The summed E-state index contributed by atoms with van der Waals surface area (Å²) in [5.74, 6) is 0.103. The Morgan fingerprint density at radius 3 is 2.68 bits per heavy atom. The van der Waals surface area contributed by atoms with Gasteiger partial charge in [-0.25, -0.2) is 9.97 Å². The number of amides is 1. The van der Waals surface area contributed by atoms with Crippen LogP contribution in [-0.4, -0.2) is 47.0 Å². The molecule has 142 valence electrons. The van der Waals surface area contributed by atoms with E-state index in [9.17, 15) is 4.79 Å². The van der Waals surface area contributed by atoms with Crippen molar-refractivity contribution in [1.29, 1.82) is 0 Å². The summed E-state index contributed by atoms with van der Waals surface area (Å²) in [4.78, 5) is 26.3. The molecular formula is C21H20N4OS2. The quantitative estimate of drug-likeness (QED) is 0.490. The number of rotatable bonds is 2. The minimum absolute atomic E-state index is 0.103. The highest BCUT2D eigenvalue weighted by atomic mass is 32.1. The van der Waals surface area contributed by atoms with Crippen molar-refractivity contribution in [3.05, 3.63) is 52.5 Å². The van der Waals surface area contributed by atoms with Crippen LogP contribution in [0.5, 0.6) is 0 Å². The molecule has 5 rings (SSSR count). The van der Waals surface area contributed by atoms with Crippen molar-refractivity contribution in [3.63, 3.8) is 0 Å². The second-order valence-electron chi connectivity index (χ2n) is 7.24. The largest absolute Gasteiger partial charge is 0.345 e. The van der Waals surface area contributed by atoms with Gasteiger partial charge in [-0.1, -0.05) is 17.4 Å². The zero-order valence-corrected chi connectivity index (χ0v) is 17.4. The van der Waals surface area contributed by atoms with Gasteiger partial charge in [0, 0.05) is 31.7 Å². The molecule has 0 unspecified atom stereocenters. The molecule has 1 fully saturated rings. The molecule has 0 spiro atoms. The number of fused-ring (bicyclic) bond motifs is 2. The lowest BCUT2D eigenvalue weighted by Gasteiger charge is -2.34. The standard InChI is InChI=1S/C21H20N4OS2/c1-13-9-14(2)19-18(10-13)28-21(23-19)25-7-5-24(6-8-25)20(26)15-3-4-16-17(11-15)27-12-22-16/h3-4,9-12H,5-8H2,1-2H3. The third-order valence-electron chi connectivity index (χ3n) is 5.23. The Morgan fingerprint density at radius 1 is 1.04 bits per heavy atom. The van der Waals surface area contributed by atoms with E-state index in [4.69, 9.17) is 4.98 Å². The fraction of sp³-hybridized carbons (Fsp3) is 0.286. The van der Waals surface area contributed by atoms with Crippen LogP contribution in [0.3, 0.4) is 0 Å². The molecule has 0 N–H and O–H groups in total. The summed E-state index contributed by atoms with van der Waals surface area (Å²) in [5.41, 5.74) is 7.11. The first-order valence-electron chi connectivity index (χ1n) is 9.34. The van der Waals surface area contributed by atoms with Crippen LogP contribution in [0.4, 0.5) is 5.13 Å². The lowest BCUT2D eigenvalue weighted by Crippen LogP contribution is -2.48. The molecule has 0 bridgehead atoms. The fourth-order valence-corrected chi connectivity index (χ4v) is 5.68. The highest BCUT2D eigenvalue weighted by Crippen LogP contribution is 2.32. The third-order valence-corrected chi connectivity index (χ3v) is 7.09. The van der Waals surface area contributed by atoms with Crippen molar-refractivity contribution < 1.29 is 4.79 Å².